The van der Waals surface area contributed by atoms with Crippen LogP contribution in [0.4, 0.5) is 0 Å². The average molecular weight is 234 g/mol. The monoisotopic (exact) mass is 234 g/mol. The van der Waals surface area contributed by atoms with E-state index in [1.54, 1.807) is 6.08 Å². The predicted octanol–water partition coefficient (Wildman–Crippen LogP) is 2.15. The van der Waals surface area contributed by atoms with E-state index in [-0.39, 0.29) is 5.76 Å². The Hall–Kier alpha value is -1.32. The zero-order chi connectivity index (χ0) is 12.4. The van der Waals surface area contributed by atoms with E-state index in [1.807, 2.05) is 6.08 Å². The standard InChI is InChI=1S/C14H18O3/c1-9-3-2-4-10(6-5-9)7-11-12(15)8-13(16)14(11)17/h5-8,13-17H,2-4H2,1H3. The third-order valence-electron chi connectivity index (χ3n) is 3.23. The van der Waals surface area contributed by atoms with Crippen molar-refractivity contribution in [3.05, 3.63) is 46.8 Å². The van der Waals surface area contributed by atoms with E-state index in [0.717, 1.165) is 24.8 Å². The molecule has 0 amide bonds. The van der Waals surface area contributed by atoms with E-state index in [9.17, 15) is 15.3 Å². The first-order chi connectivity index (χ1) is 8.08. The van der Waals surface area contributed by atoms with Crippen LogP contribution in [0.2, 0.25) is 0 Å². The zero-order valence-corrected chi connectivity index (χ0v) is 9.93. The molecule has 2 unspecified atom stereocenters. The fourth-order valence-corrected chi connectivity index (χ4v) is 2.15. The minimum atomic E-state index is -1.01. The lowest BCUT2D eigenvalue weighted by molar-refractivity contribution is 0.0821. The summed E-state index contributed by atoms with van der Waals surface area (Å²) >= 11 is 0. The van der Waals surface area contributed by atoms with E-state index in [4.69, 9.17) is 0 Å². The lowest BCUT2D eigenvalue weighted by Gasteiger charge is -2.10. The van der Waals surface area contributed by atoms with Crippen molar-refractivity contribution < 1.29 is 15.3 Å². The van der Waals surface area contributed by atoms with E-state index >= 15 is 0 Å². The average Bonchev–Trinajstić information content (AvgIpc) is 2.46. The molecule has 0 saturated carbocycles. The Balaban J connectivity index is 2.22. The summed E-state index contributed by atoms with van der Waals surface area (Å²) in [5.41, 5.74) is 2.83. The first-order valence-corrected chi connectivity index (χ1v) is 5.93. The third-order valence-corrected chi connectivity index (χ3v) is 3.23. The first-order valence-electron chi connectivity index (χ1n) is 5.93. The Labute approximate surface area is 101 Å². The molecule has 3 N–H and O–H groups in total. The minimum Gasteiger partial charge on any atom is -0.508 e. The summed E-state index contributed by atoms with van der Waals surface area (Å²) in [6, 6.07) is 0. The quantitative estimate of drug-likeness (QED) is 0.651. The van der Waals surface area contributed by atoms with Gasteiger partial charge in [-0.1, -0.05) is 17.7 Å². The van der Waals surface area contributed by atoms with Gasteiger partial charge in [-0.15, -0.1) is 0 Å². The highest BCUT2D eigenvalue weighted by Crippen LogP contribution is 2.27. The molecule has 3 nitrogen and oxygen atoms in total. The molecule has 92 valence electrons. The molecule has 2 aliphatic rings. The molecule has 0 aromatic heterocycles. The van der Waals surface area contributed by atoms with Crippen LogP contribution in [-0.4, -0.2) is 27.5 Å². The molecular weight excluding hydrogens is 216 g/mol. The molecule has 17 heavy (non-hydrogen) atoms. The molecule has 0 aromatic rings. The van der Waals surface area contributed by atoms with Crippen molar-refractivity contribution in [3.8, 4) is 0 Å². The molecule has 2 atom stereocenters. The number of aliphatic hydroxyl groups is 3. The number of hydrogen-bond acceptors (Lipinski definition) is 3. The van der Waals surface area contributed by atoms with Crippen molar-refractivity contribution in [1.29, 1.82) is 0 Å². The van der Waals surface area contributed by atoms with E-state index in [2.05, 4.69) is 13.0 Å². The Bertz CT molecular complexity index is 427. The summed E-state index contributed by atoms with van der Waals surface area (Å²) < 4.78 is 0. The summed E-state index contributed by atoms with van der Waals surface area (Å²) in [5.74, 6) is -0.0177. The number of hydrogen-bond donors (Lipinski definition) is 3. The highest BCUT2D eigenvalue weighted by Gasteiger charge is 2.29. The van der Waals surface area contributed by atoms with Gasteiger partial charge < -0.3 is 15.3 Å². The van der Waals surface area contributed by atoms with Crippen molar-refractivity contribution in [1.82, 2.24) is 0 Å². The van der Waals surface area contributed by atoms with Gasteiger partial charge in [0.15, 0.2) is 0 Å². The SMILES string of the molecule is CC1=CC=C(C=C2C(O)=CC(O)C2O)CCC1. The van der Waals surface area contributed by atoms with Gasteiger partial charge in [-0.05, 0) is 43.9 Å². The van der Waals surface area contributed by atoms with Crippen LogP contribution in [0.1, 0.15) is 26.2 Å². The van der Waals surface area contributed by atoms with Gasteiger partial charge in [-0.25, -0.2) is 0 Å². The minimum absolute atomic E-state index is 0.0177. The van der Waals surface area contributed by atoms with Crippen LogP contribution < -0.4 is 0 Å². The molecule has 0 bridgehead atoms. The van der Waals surface area contributed by atoms with Gasteiger partial charge in [0.25, 0.3) is 0 Å². The van der Waals surface area contributed by atoms with Gasteiger partial charge in [-0.2, -0.15) is 0 Å². The van der Waals surface area contributed by atoms with Crippen LogP contribution in [-0.2, 0) is 0 Å². The van der Waals surface area contributed by atoms with Gasteiger partial charge in [0.2, 0.25) is 0 Å². The second-order valence-corrected chi connectivity index (χ2v) is 4.70. The molecule has 0 heterocycles. The number of allylic oxidation sites excluding steroid dienone is 5. The Morgan fingerprint density at radius 3 is 2.65 bits per heavy atom. The fraction of sp³-hybridized carbons (Fsp3) is 0.429. The maximum atomic E-state index is 9.71. The smallest absolute Gasteiger partial charge is 0.120 e. The molecule has 0 fully saturated rings. The van der Waals surface area contributed by atoms with Crippen LogP contribution in [0.3, 0.4) is 0 Å². The molecule has 0 aromatic carbocycles. The Morgan fingerprint density at radius 2 is 2.00 bits per heavy atom. The largest absolute Gasteiger partial charge is 0.508 e. The first kappa shape index (κ1) is 12.1. The van der Waals surface area contributed by atoms with E-state index < -0.39 is 12.2 Å². The maximum Gasteiger partial charge on any atom is 0.120 e. The van der Waals surface area contributed by atoms with Crippen molar-refractivity contribution >= 4 is 0 Å². The van der Waals surface area contributed by atoms with Gasteiger partial charge in [0.1, 0.15) is 18.0 Å². The third kappa shape index (κ3) is 2.68. The molecule has 0 aliphatic heterocycles. The highest BCUT2D eigenvalue weighted by molar-refractivity contribution is 5.43. The van der Waals surface area contributed by atoms with E-state index in [0.29, 0.717) is 5.57 Å². The molecule has 0 saturated heterocycles. The lowest BCUT2D eigenvalue weighted by atomic mass is 10.0. The van der Waals surface area contributed by atoms with Crippen molar-refractivity contribution in [2.45, 2.75) is 38.4 Å². The number of rotatable bonds is 1. The zero-order valence-electron chi connectivity index (χ0n) is 9.93. The summed E-state index contributed by atoms with van der Waals surface area (Å²) in [4.78, 5) is 0. The predicted molar refractivity (Wildman–Crippen MR) is 66.5 cm³/mol. The summed E-state index contributed by atoms with van der Waals surface area (Å²) in [6.45, 7) is 2.10. The fourth-order valence-electron chi connectivity index (χ4n) is 2.15. The highest BCUT2D eigenvalue weighted by atomic mass is 16.3. The van der Waals surface area contributed by atoms with E-state index in [1.165, 1.54) is 11.6 Å². The molecule has 2 rings (SSSR count). The normalized spacial score (nSPS) is 31.9. The molecule has 0 radical (unpaired) electrons. The van der Waals surface area contributed by atoms with Crippen molar-refractivity contribution in [2.24, 2.45) is 0 Å². The summed E-state index contributed by atoms with van der Waals surface area (Å²) in [6.07, 6.45) is 8.20. The van der Waals surface area contributed by atoms with Gasteiger partial charge >= 0.3 is 0 Å². The molecule has 2 aliphatic carbocycles. The van der Waals surface area contributed by atoms with Crippen LogP contribution in [0.25, 0.3) is 0 Å². The Kier molecular flexibility index (Phi) is 3.50. The van der Waals surface area contributed by atoms with Crippen molar-refractivity contribution in [3.63, 3.8) is 0 Å². The second-order valence-electron chi connectivity index (χ2n) is 4.70. The van der Waals surface area contributed by atoms with Crippen LogP contribution in [0, 0.1) is 0 Å². The van der Waals surface area contributed by atoms with Gasteiger partial charge in [0, 0.05) is 5.57 Å². The van der Waals surface area contributed by atoms with Crippen molar-refractivity contribution in [2.75, 3.05) is 0 Å². The number of aliphatic hydroxyl groups excluding tert-OH is 3. The van der Waals surface area contributed by atoms with Crippen LogP contribution >= 0.6 is 0 Å². The lowest BCUT2D eigenvalue weighted by Crippen LogP contribution is -2.20. The Morgan fingerprint density at radius 1 is 1.24 bits per heavy atom. The molecule has 0 spiro atoms. The van der Waals surface area contributed by atoms with Gasteiger partial charge in [0.05, 0.1) is 0 Å². The molecular formula is C14H18O3. The van der Waals surface area contributed by atoms with Crippen LogP contribution in [0.5, 0.6) is 0 Å². The summed E-state index contributed by atoms with van der Waals surface area (Å²) in [5, 5.41) is 28.7. The maximum absolute atomic E-state index is 9.71. The van der Waals surface area contributed by atoms with Crippen LogP contribution in [0.15, 0.2) is 46.8 Å². The second kappa shape index (κ2) is 4.90. The topological polar surface area (TPSA) is 60.7 Å². The van der Waals surface area contributed by atoms with Gasteiger partial charge in [-0.3, -0.25) is 0 Å². The molecule has 3 heteroatoms. The summed E-state index contributed by atoms with van der Waals surface area (Å²) in [7, 11) is 0.